The van der Waals surface area contributed by atoms with Crippen molar-refractivity contribution >= 4 is 5.69 Å². The molecule has 0 saturated carbocycles. The predicted octanol–water partition coefficient (Wildman–Crippen LogP) is 0.637. The van der Waals surface area contributed by atoms with Gasteiger partial charge in [-0.2, -0.15) is 5.10 Å². The molecule has 0 unspecified atom stereocenters. The first-order chi connectivity index (χ1) is 10.6. The van der Waals surface area contributed by atoms with Crippen LogP contribution in [0.5, 0.6) is 0 Å². The summed E-state index contributed by atoms with van der Waals surface area (Å²) in [5.41, 5.74) is 1.63. The van der Waals surface area contributed by atoms with E-state index >= 15 is 0 Å². The average molecular weight is 303 g/mol. The second kappa shape index (κ2) is 6.23. The zero-order chi connectivity index (χ0) is 15.5. The highest BCUT2D eigenvalue weighted by Crippen LogP contribution is 2.14. The summed E-state index contributed by atoms with van der Waals surface area (Å²) >= 11 is 0. The Balaban J connectivity index is 1.60. The average Bonchev–Trinajstić information content (AvgIpc) is 2.51. The molecule has 0 bridgehead atoms. The van der Waals surface area contributed by atoms with E-state index in [9.17, 15) is 9.18 Å². The number of aromatic nitrogens is 3. The van der Waals surface area contributed by atoms with Crippen molar-refractivity contribution in [3.63, 3.8) is 0 Å². The summed E-state index contributed by atoms with van der Waals surface area (Å²) in [6.45, 7) is 4.03. The summed E-state index contributed by atoms with van der Waals surface area (Å²) in [5, 5.41) is 4.05. The molecule has 7 heteroatoms. The zero-order valence-corrected chi connectivity index (χ0v) is 12.4. The first-order valence-corrected chi connectivity index (χ1v) is 7.22. The first-order valence-electron chi connectivity index (χ1n) is 7.22. The number of rotatable bonds is 3. The van der Waals surface area contributed by atoms with Gasteiger partial charge in [0.2, 0.25) is 0 Å². The Labute approximate surface area is 127 Å². The van der Waals surface area contributed by atoms with Gasteiger partial charge in [-0.25, -0.2) is 9.07 Å². The Bertz CT molecular complexity index is 709. The molecular formula is C15H18FN5O. The number of pyridine rings is 1. The van der Waals surface area contributed by atoms with Crippen molar-refractivity contribution in [3.05, 3.63) is 52.5 Å². The maximum Gasteiger partial charge on any atom is 0.268 e. The van der Waals surface area contributed by atoms with Crippen molar-refractivity contribution < 1.29 is 4.39 Å². The highest BCUT2D eigenvalue weighted by atomic mass is 19.1. The van der Waals surface area contributed by atoms with Crippen molar-refractivity contribution in [2.24, 2.45) is 7.05 Å². The van der Waals surface area contributed by atoms with Crippen LogP contribution < -0.4 is 10.5 Å². The van der Waals surface area contributed by atoms with Crippen molar-refractivity contribution in [1.82, 2.24) is 19.7 Å². The number of hydrogen-bond donors (Lipinski definition) is 0. The number of piperazine rings is 1. The normalized spacial score (nSPS) is 16.0. The van der Waals surface area contributed by atoms with Gasteiger partial charge in [0.25, 0.3) is 5.56 Å². The predicted molar refractivity (Wildman–Crippen MR) is 81.2 cm³/mol. The van der Waals surface area contributed by atoms with Crippen LogP contribution in [0.4, 0.5) is 10.1 Å². The lowest BCUT2D eigenvalue weighted by Crippen LogP contribution is -2.46. The lowest BCUT2D eigenvalue weighted by atomic mass is 10.2. The molecule has 0 aromatic carbocycles. The van der Waals surface area contributed by atoms with Crippen LogP contribution in [0.25, 0.3) is 0 Å². The number of nitrogens with zero attached hydrogens (tertiary/aromatic N) is 5. The summed E-state index contributed by atoms with van der Waals surface area (Å²) in [4.78, 5) is 19.9. The molecule has 3 rings (SSSR count). The minimum Gasteiger partial charge on any atom is -0.368 e. The molecule has 1 aliphatic rings. The molecular weight excluding hydrogens is 285 g/mol. The molecule has 0 atom stereocenters. The van der Waals surface area contributed by atoms with Crippen LogP contribution in [0, 0.1) is 5.82 Å². The van der Waals surface area contributed by atoms with Gasteiger partial charge in [0, 0.05) is 52.0 Å². The maximum absolute atomic E-state index is 13.1. The van der Waals surface area contributed by atoms with Gasteiger partial charge in [-0.05, 0) is 11.6 Å². The number of hydrogen-bond acceptors (Lipinski definition) is 5. The SMILES string of the molecule is Cn1ncc(N2CCN(Cc3cncc(F)c3)CC2)cc1=O. The lowest BCUT2D eigenvalue weighted by molar-refractivity contribution is 0.249. The minimum atomic E-state index is -0.303. The largest absolute Gasteiger partial charge is 0.368 e. The molecule has 0 N–H and O–H groups in total. The summed E-state index contributed by atoms with van der Waals surface area (Å²) in [5.74, 6) is -0.303. The molecule has 6 nitrogen and oxygen atoms in total. The molecule has 1 saturated heterocycles. The highest BCUT2D eigenvalue weighted by molar-refractivity contribution is 5.43. The van der Waals surface area contributed by atoms with Crippen LogP contribution in [0.3, 0.4) is 0 Å². The molecule has 116 valence electrons. The smallest absolute Gasteiger partial charge is 0.268 e. The van der Waals surface area contributed by atoms with Crippen LogP contribution >= 0.6 is 0 Å². The van der Waals surface area contributed by atoms with Crippen LogP contribution in [0.2, 0.25) is 0 Å². The van der Waals surface area contributed by atoms with Gasteiger partial charge in [-0.3, -0.25) is 14.7 Å². The van der Waals surface area contributed by atoms with Crippen LogP contribution in [-0.2, 0) is 13.6 Å². The molecule has 1 aliphatic heterocycles. The van der Waals surface area contributed by atoms with Gasteiger partial charge >= 0.3 is 0 Å². The van der Waals surface area contributed by atoms with E-state index in [1.165, 1.54) is 16.9 Å². The second-order valence-corrected chi connectivity index (χ2v) is 5.45. The van der Waals surface area contributed by atoms with E-state index in [2.05, 4.69) is 19.9 Å². The zero-order valence-electron chi connectivity index (χ0n) is 12.4. The molecule has 0 amide bonds. The third-order valence-electron chi connectivity index (χ3n) is 3.86. The van der Waals surface area contributed by atoms with E-state index < -0.39 is 0 Å². The van der Waals surface area contributed by atoms with Gasteiger partial charge in [0.05, 0.1) is 18.1 Å². The summed E-state index contributed by atoms with van der Waals surface area (Å²) < 4.78 is 14.5. The maximum atomic E-state index is 13.1. The van der Waals surface area contributed by atoms with Crippen LogP contribution in [0.1, 0.15) is 5.56 Å². The fourth-order valence-corrected chi connectivity index (χ4v) is 2.60. The Kier molecular flexibility index (Phi) is 4.15. The van der Waals surface area contributed by atoms with E-state index in [1.54, 1.807) is 25.5 Å². The quantitative estimate of drug-likeness (QED) is 0.833. The van der Waals surface area contributed by atoms with Crippen molar-refractivity contribution in [3.8, 4) is 0 Å². The lowest BCUT2D eigenvalue weighted by Gasteiger charge is -2.35. The Morgan fingerprint density at radius 1 is 1.14 bits per heavy atom. The van der Waals surface area contributed by atoms with Gasteiger partial charge in [-0.15, -0.1) is 0 Å². The monoisotopic (exact) mass is 303 g/mol. The standard InChI is InChI=1S/C15H18FN5O/c1-19-15(22)7-14(10-18-19)21-4-2-20(3-5-21)11-12-6-13(16)9-17-8-12/h6-10H,2-5,11H2,1H3. The first kappa shape index (κ1) is 14.6. The van der Waals surface area contributed by atoms with Crippen LogP contribution in [-0.4, -0.2) is 45.8 Å². The highest BCUT2D eigenvalue weighted by Gasteiger charge is 2.18. The van der Waals surface area contributed by atoms with E-state index in [1.807, 2.05) is 0 Å². The Morgan fingerprint density at radius 3 is 2.59 bits per heavy atom. The number of halogens is 1. The topological polar surface area (TPSA) is 54.3 Å². The minimum absolute atomic E-state index is 0.106. The van der Waals surface area contributed by atoms with E-state index in [0.29, 0.717) is 6.54 Å². The molecule has 1 fully saturated rings. The molecule has 3 heterocycles. The molecule has 0 aliphatic carbocycles. The molecule has 0 radical (unpaired) electrons. The van der Waals surface area contributed by atoms with Crippen molar-refractivity contribution in [1.29, 1.82) is 0 Å². The van der Waals surface area contributed by atoms with Gasteiger partial charge in [0.15, 0.2) is 0 Å². The third-order valence-corrected chi connectivity index (χ3v) is 3.86. The Hall–Kier alpha value is -2.28. The summed E-state index contributed by atoms with van der Waals surface area (Å²) in [6.07, 6.45) is 4.62. The molecule has 0 spiro atoms. The van der Waals surface area contributed by atoms with Crippen molar-refractivity contribution in [2.75, 3.05) is 31.1 Å². The van der Waals surface area contributed by atoms with E-state index in [4.69, 9.17) is 0 Å². The molecule has 2 aromatic heterocycles. The summed E-state index contributed by atoms with van der Waals surface area (Å²) in [6, 6.07) is 3.13. The van der Waals surface area contributed by atoms with Crippen LogP contribution in [0.15, 0.2) is 35.5 Å². The van der Waals surface area contributed by atoms with Gasteiger partial charge in [0.1, 0.15) is 5.82 Å². The second-order valence-electron chi connectivity index (χ2n) is 5.45. The summed E-state index contributed by atoms with van der Waals surface area (Å²) in [7, 11) is 1.64. The van der Waals surface area contributed by atoms with E-state index in [0.717, 1.165) is 37.4 Å². The van der Waals surface area contributed by atoms with Gasteiger partial charge < -0.3 is 4.90 Å². The third kappa shape index (κ3) is 3.30. The molecule has 2 aromatic rings. The van der Waals surface area contributed by atoms with Gasteiger partial charge in [-0.1, -0.05) is 0 Å². The molecule has 22 heavy (non-hydrogen) atoms. The van der Waals surface area contributed by atoms with E-state index in [-0.39, 0.29) is 11.4 Å². The number of anilines is 1. The van der Waals surface area contributed by atoms with Crippen molar-refractivity contribution in [2.45, 2.75) is 6.54 Å². The fraction of sp³-hybridized carbons (Fsp3) is 0.400. The fourth-order valence-electron chi connectivity index (χ4n) is 2.60. The Morgan fingerprint density at radius 2 is 1.91 bits per heavy atom. The number of aryl methyl sites for hydroxylation is 1.